The molecule has 0 saturated heterocycles. The van der Waals surface area contributed by atoms with Gasteiger partial charge in [0.05, 0.1) is 6.04 Å². The van der Waals surface area contributed by atoms with Crippen molar-refractivity contribution in [2.75, 3.05) is 5.32 Å². The first-order valence-electron chi connectivity index (χ1n) is 6.43. The third kappa shape index (κ3) is 2.80. The van der Waals surface area contributed by atoms with E-state index in [-0.39, 0.29) is 6.04 Å². The lowest BCUT2D eigenvalue weighted by atomic mass is 10.1. The summed E-state index contributed by atoms with van der Waals surface area (Å²) in [5.74, 6) is 1.38. The van der Waals surface area contributed by atoms with Crippen LogP contribution in [0.5, 0.6) is 0 Å². The first kappa shape index (κ1) is 14.1. The van der Waals surface area contributed by atoms with E-state index in [9.17, 15) is 0 Å². The highest BCUT2D eigenvalue weighted by Crippen LogP contribution is 2.28. The summed E-state index contributed by atoms with van der Waals surface area (Å²) in [5.41, 5.74) is 1.83. The summed E-state index contributed by atoms with van der Waals surface area (Å²) in [6.07, 6.45) is 1.48. The summed E-state index contributed by atoms with van der Waals surface area (Å²) in [4.78, 5) is 8.42. The molecule has 0 radical (unpaired) electrons. The number of rotatable bonds is 3. The Balaban J connectivity index is 1.96. The number of halogens is 2. The highest BCUT2D eigenvalue weighted by Gasteiger charge is 2.13. The van der Waals surface area contributed by atoms with Crippen LogP contribution in [0, 0.1) is 6.92 Å². The Labute approximate surface area is 131 Å². The monoisotopic (exact) mass is 321 g/mol. The van der Waals surface area contributed by atoms with Crippen LogP contribution in [0.15, 0.2) is 30.6 Å². The van der Waals surface area contributed by atoms with Crippen molar-refractivity contribution < 1.29 is 0 Å². The molecular formula is C14H13Cl2N5. The molecular weight excluding hydrogens is 309 g/mol. The molecule has 0 aliphatic rings. The predicted molar refractivity (Wildman–Crippen MR) is 84.0 cm³/mol. The van der Waals surface area contributed by atoms with E-state index in [4.69, 9.17) is 23.2 Å². The molecule has 0 spiro atoms. The normalized spacial score (nSPS) is 12.6. The SMILES string of the molecule is Cc1cc(N[C@@H](C)c2ccc(Cl)cc2Cl)n2ncnc2n1. The molecule has 0 fully saturated rings. The first-order chi connectivity index (χ1) is 10.0. The molecule has 5 nitrogen and oxygen atoms in total. The minimum atomic E-state index is -0.0102. The quantitative estimate of drug-likeness (QED) is 0.794. The lowest BCUT2D eigenvalue weighted by molar-refractivity contribution is 0.838. The second-order valence-electron chi connectivity index (χ2n) is 4.79. The molecule has 1 atom stereocenters. The molecule has 21 heavy (non-hydrogen) atoms. The van der Waals surface area contributed by atoms with Crippen LogP contribution in [0.2, 0.25) is 10.0 Å². The van der Waals surface area contributed by atoms with Crippen molar-refractivity contribution in [1.29, 1.82) is 0 Å². The Bertz CT molecular complexity index is 799. The number of hydrogen-bond donors (Lipinski definition) is 1. The summed E-state index contributed by atoms with van der Waals surface area (Å²) >= 11 is 12.2. The van der Waals surface area contributed by atoms with Gasteiger partial charge in [-0.25, -0.2) is 4.98 Å². The molecule has 3 aromatic rings. The Kier molecular flexibility index (Phi) is 3.69. The van der Waals surface area contributed by atoms with Crippen molar-refractivity contribution in [1.82, 2.24) is 19.6 Å². The molecule has 0 aliphatic carbocycles. The van der Waals surface area contributed by atoms with Crippen molar-refractivity contribution in [3.05, 3.63) is 51.9 Å². The predicted octanol–water partition coefficient (Wildman–Crippen LogP) is 3.91. The van der Waals surface area contributed by atoms with Gasteiger partial charge in [0, 0.05) is 21.8 Å². The fourth-order valence-electron chi connectivity index (χ4n) is 2.19. The fourth-order valence-corrected chi connectivity index (χ4v) is 2.76. The molecule has 1 aromatic carbocycles. The minimum Gasteiger partial charge on any atom is -0.363 e. The smallest absolute Gasteiger partial charge is 0.254 e. The van der Waals surface area contributed by atoms with Crippen LogP contribution in [-0.4, -0.2) is 19.6 Å². The van der Waals surface area contributed by atoms with Gasteiger partial charge in [-0.3, -0.25) is 0 Å². The molecule has 0 bridgehead atoms. The molecule has 3 rings (SSSR count). The molecule has 2 heterocycles. The van der Waals surface area contributed by atoms with E-state index in [1.807, 2.05) is 32.0 Å². The van der Waals surface area contributed by atoms with E-state index in [2.05, 4.69) is 20.4 Å². The van der Waals surface area contributed by atoms with Crippen molar-refractivity contribution in [2.45, 2.75) is 19.9 Å². The van der Waals surface area contributed by atoms with Crippen LogP contribution in [-0.2, 0) is 0 Å². The van der Waals surface area contributed by atoms with Crippen LogP contribution in [0.3, 0.4) is 0 Å². The van der Waals surface area contributed by atoms with E-state index < -0.39 is 0 Å². The molecule has 108 valence electrons. The second-order valence-corrected chi connectivity index (χ2v) is 5.63. The third-order valence-electron chi connectivity index (χ3n) is 3.17. The Morgan fingerprint density at radius 2 is 2.05 bits per heavy atom. The number of anilines is 1. The molecule has 1 N–H and O–H groups in total. The second kappa shape index (κ2) is 5.50. The summed E-state index contributed by atoms with van der Waals surface area (Å²) in [7, 11) is 0. The van der Waals surface area contributed by atoms with Gasteiger partial charge in [-0.1, -0.05) is 29.3 Å². The van der Waals surface area contributed by atoms with Crippen molar-refractivity contribution in [2.24, 2.45) is 0 Å². The largest absolute Gasteiger partial charge is 0.363 e. The first-order valence-corrected chi connectivity index (χ1v) is 7.19. The maximum Gasteiger partial charge on any atom is 0.254 e. The average Bonchev–Trinajstić information content (AvgIpc) is 2.86. The maximum atomic E-state index is 6.25. The molecule has 2 aromatic heterocycles. The van der Waals surface area contributed by atoms with Crippen LogP contribution < -0.4 is 5.32 Å². The number of nitrogens with one attached hydrogen (secondary N) is 1. The zero-order valence-corrected chi connectivity index (χ0v) is 13.0. The number of nitrogens with zero attached hydrogens (tertiary/aromatic N) is 4. The van der Waals surface area contributed by atoms with Crippen LogP contribution in [0.4, 0.5) is 5.82 Å². The van der Waals surface area contributed by atoms with Gasteiger partial charge < -0.3 is 5.32 Å². The van der Waals surface area contributed by atoms with E-state index >= 15 is 0 Å². The Hall–Kier alpha value is -1.85. The summed E-state index contributed by atoms with van der Waals surface area (Å²) in [5, 5.41) is 8.80. The molecule has 0 saturated carbocycles. The van der Waals surface area contributed by atoms with Crippen molar-refractivity contribution >= 4 is 34.8 Å². The van der Waals surface area contributed by atoms with Crippen molar-refractivity contribution in [3.8, 4) is 0 Å². The van der Waals surface area contributed by atoms with Gasteiger partial charge in [-0.15, -0.1) is 0 Å². The minimum absolute atomic E-state index is 0.0102. The molecule has 0 unspecified atom stereocenters. The van der Waals surface area contributed by atoms with Gasteiger partial charge in [-0.2, -0.15) is 14.6 Å². The maximum absolute atomic E-state index is 6.25. The van der Waals surface area contributed by atoms with Crippen LogP contribution in [0.1, 0.15) is 24.2 Å². The zero-order chi connectivity index (χ0) is 15.0. The summed E-state index contributed by atoms with van der Waals surface area (Å²) < 4.78 is 1.66. The van der Waals surface area contributed by atoms with E-state index in [1.54, 1.807) is 10.6 Å². The lowest BCUT2D eigenvalue weighted by Crippen LogP contribution is -2.11. The number of aryl methyl sites for hydroxylation is 1. The lowest BCUT2D eigenvalue weighted by Gasteiger charge is -2.17. The van der Waals surface area contributed by atoms with E-state index in [0.29, 0.717) is 15.8 Å². The zero-order valence-electron chi connectivity index (χ0n) is 11.5. The molecule has 0 amide bonds. The average molecular weight is 322 g/mol. The number of hydrogen-bond acceptors (Lipinski definition) is 4. The van der Waals surface area contributed by atoms with Crippen LogP contribution in [0.25, 0.3) is 5.78 Å². The van der Waals surface area contributed by atoms with E-state index in [1.165, 1.54) is 6.33 Å². The van der Waals surface area contributed by atoms with Gasteiger partial charge in [0.25, 0.3) is 5.78 Å². The van der Waals surface area contributed by atoms with Gasteiger partial charge in [0.15, 0.2) is 0 Å². The molecule has 0 aliphatic heterocycles. The van der Waals surface area contributed by atoms with E-state index in [0.717, 1.165) is 17.1 Å². The topological polar surface area (TPSA) is 55.1 Å². The number of aromatic nitrogens is 4. The van der Waals surface area contributed by atoms with Crippen molar-refractivity contribution in [3.63, 3.8) is 0 Å². The van der Waals surface area contributed by atoms with Crippen LogP contribution >= 0.6 is 23.2 Å². The van der Waals surface area contributed by atoms with Gasteiger partial charge in [0.2, 0.25) is 0 Å². The Morgan fingerprint density at radius 1 is 1.24 bits per heavy atom. The summed E-state index contributed by atoms with van der Waals surface area (Å²) in [6.45, 7) is 3.94. The van der Waals surface area contributed by atoms with Gasteiger partial charge in [-0.05, 0) is 31.5 Å². The fraction of sp³-hybridized carbons (Fsp3) is 0.214. The van der Waals surface area contributed by atoms with Gasteiger partial charge >= 0.3 is 0 Å². The Morgan fingerprint density at radius 3 is 2.81 bits per heavy atom. The summed E-state index contributed by atoms with van der Waals surface area (Å²) in [6, 6.07) is 7.38. The third-order valence-corrected chi connectivity index (χ3v) is 3.74. The number of fused-ring (bicyclic) bond motifs is 1. The standard InChI is InChI=1S/C14H13Cl2N5/c1-8-5-13(21-14(19-8)17-7-18-21)20-9(2)11-4-3-10(15)6-12(11)16/h3-7,9,20H,1-2H3/t9-/m0/s1. The highest BCUT2D eigenvalue weighted by atomic mass is 35.5. The number of benzene rings is 1. The highest BCUT2D eigenvalue weighted by molar-refractivity contribution is 6.35. The molecule has 7 heteroatoms. The van der Waals surface area contributed by atoms with Gasteiger partial charge in [0.1, 0.15) is 12.1 Å².